The highest BCUT2D eigenvalue weighted by atomic mass is 16.5. The second-order valence-corrected chi connectivity index (χ2v) is 5.58. The van der Waals surface area contributed by atoms with Gasteiger partial charge in [-0.15, -0.1) is 0 Å². The minimum Gasteiger partial charge on any atom is -0.507 e. The molecule has 0 spiro atoms. The van der Waals surface area contributed by atoms with Crippen LogP contribution >= 0.6 is 0 Å². The van der Waals surface area contributed by atoms with Crippen LogP contribution in [-0.2, 0) is 10.3 Å². The fourth-order valence-corrected chi connectivity index (χ4v) is 2.99. The Morgan fingerprint density at radius 2 is 2.10 bits per heavy atom. The van der Waals surface area contributed by atoms with E-state index in [0.717, 1.165) is 31.2 Å². The maximum Gasteiger partial charge on any atom is 0.261 e. The van der Waals surface area contributed by atoms with Crippen molar-refractivity contribution in [2.45, 2.75) is 45.1 Å². The van der Waals surface area contributed by atoms with Gasteiger partial charge in [-0.1, -0.05) is 16.8 Å². The maximum absolute atomic E-state index is 9.97. The van der Waals surface area contributed by atoms with Gasteiger partial charge in [0.05, 0.1) is 5.56 Å². The third-order valence-corrected chi connectivity index (χ3v) is 4.05. The second kappa shape index (κ2) is 5.48. The number of phenolic OH excluding ortho intramolecular Hbond substituents is 1. The average Bonchev–Trinajstić information content (AvgIpc) is 3.11. The lowest BCUT2D eigenvalue weighted by Gasteiger charge is -2.24. The Morgan fingerprint density at radius 1 is 1.33 bits per heavy atom. The van der Waals surface area contributed by atoms with Crippen molar-refractivity contribution in [2.75, 3.05) is 6.61 Å². The van der Waals surface area contributed by atoms with Crippen molar-refractivity contribution in [3.8, 4) is 17.2 Å². The number of hydrogen-bond donors (Lipinski definition) is 1. The van der Waals surface area contributed by atoms with Crippen LogP contribution in [0.2, 0.25) is 0 Å². The smallest absolute Gasteiger partial charge is 0.261 e. The summed E-state index contributed by atoms with van der Waals surface area (Å²) in [4.78, 5) is 4.49. The number of aromatic nitrogens is 2. The van der Waals surface area contributed by atoms with Crippen molar-refractivity contribution < 1.29 is 14.4 Å². The lowest BCUT2D eigenvalue weighted by molar-refractivity contribution is -0.0469. The van der Waals surface area contributed by atoms with E-state index in [2.05, 4.69) is 10.1 Å². The van der Waals surface area contributed by atoms with E-state index < -0.39 is 5.60 Å². The molecule has 1 aliphatic carbocycles. The molecular formula is C16H20N2O3. The zero-order valence-electron chi connectivity index (χ0n) is 12.4. The molecular weight excluding hydrogens is 268 g/mol. The minimum atomic E-state index is -0.421. The standard InChI is InChI=1S/C16H20N2O3/c1-3-20-16(8-4-5-9-16)15-17-14(21-18-15)12-10-11(2)6-7-13(12)19/h6-7,10,19H,3-5,8-9H2,1-2H3. The van der Waals surface area contributed by atoms with E-state index in [-0.39, 0.29) is 5.75 Å². The Hall–Kier alpha value is -1.88. The van der Waals surface area contributed by atoms with Crippen LogP contribution in [0, 0.1) is 6.92 Å². The van der Waals surface area contributed by atoms with Gasteiger partial charge in [0.25, 0.3) is 5.89 Å². The van der Waals surface area contributed by atoms with Crippen LogP contribution in [0.25, 0.3) is 11.5 Å². The number of ether oxygens (including phenoxy) is 1. The van der Waals surface area contributed by atoms with Gasteiger partial charge in [0.15, 0.2) is 0 Å². The van der Waals surface area contributed by atoms with E-state index >= 15 is 0 Å². The van der Waals surface area contributed by atoms with Crippen LogP contribution in [-0.4, -0.2) is 21.9 Å². The van der Waals surface area contributed by atoms with Crippen LogP contribution in [0.1, 0.15) is 44.0 Å². The van der Waals surface area contributed by atoms with E-state index in [4.69, 9.17) is 9.26 Å². The number of nitrogens with zero attached hydrogens (tertiary/aromatic N) is 2. The predicted octanol–water partition coefficient (Wildman–Crippen LogP) is 3.56. The first-order valence-corrected chi connectivity index (χ1v) is 7.43. The molecule has 1 heterocycles. The zero-order chi connectivity index (χ0) is 14.9. The molecule has 3 rings (SSSR count). The van der Waals surface area contributed by atoms with Gasteiger partial charge >= 0.3 is 0 Å². The maximum atomic E-state index is 9.97. The molecule has 0 amide bonds. The van der Waals surface area contributed by atoms with Crippen molar-refractivity contribution in [1.29, 1.82) is 0 Å². The monoisotopic (exact) mass is 288 g/mol. The van der Waals surface area contributed by atoms with Gasteiger partial charge < -0.3 is 14.4 Å². The molecule has 0 saturated heterocycles. The molecule has 1 saturated carbocycles. The van der Waals surface area contributed by atoms with E-state index in [1.165, 1.54) is 0 Å². The number of hydrogen-bond acceptors (Lipinski definition) is 5. The summed E-state index contributed by atoms with van der Waals surface area (Å²) in [5.41, 5.74) is 1.18. The highest BCUT2D eigenvalue weighted by Crippen LogP contribution is 2.41. The fraction of sp³-hybridized carbons (Fsp3) is 0.500. The molecule has 5 nitrogen and oxygen atoms in total. The SMILES string of the molecule is CCOC1(c2noc(-c3cc(C)ccc3O)n2)CCCC1. The fourth-order valence-electron chi connectivity index (χ4n) is 2.99. The molecule has 0 aliphatic heterocycles. The van der Waals surface area contributed by atoms with Gasteiger partial charge in [0.2, 0.25) is 5.82 Å². The van der Waals surface area contributed by atoms with Gasteiger partial charge in [0.1, 0.15) is 11.4 Å². The molecule has 0 unspecified atom stereocenters. The Bertz CT molecular complexity index is 630. The number of aromatic hydroxyl groups is 1. The Labute approximate surface area is 123 Å². The number of rotatable bonds is 4. The minimum absolute atomic E-state index is 0.146. The normalized spacial score (nSPS) is 17.2. The molecule has 0 atom stereocenters. The number of phenols is 1. The molecule has 1 fully saturated rings. The topological polar surface area (TPSA) is 68.4 Å². The molecule has 1 aromatic carbocycles. The molecule has 112 valence electrons. The van der Waals surface area contributed by atoms with Gasteiger partial charge in [-0.25, -0.2) is 0 Å². The highest BCUT2D eigenvalue weighted by molar-refractivity contribution is 5.63. The van der Waals surface area contributed by atoms with Crippen LogP contribution in [0.4, 0.5) is 0 Å². The van der Waals surface area contributed by atoms with Crippen molar-refractivity contribution in [1.82, 2.24) is 10.1 Å². The van der Waals surface area contributed by atoms with Crippen molar-refractivity contribution in [3.05, 3.63) is 29.6 Å². The Balaban J connectivity index is 1.97. The summed E-state index contributed by atoms with van der Waals surface area (Å²) in [6.07, 6.45) is 4.05. The Morgan fingerprint density at radius 3 is 2.81 bits per heavy atom. The van der Waals surface area contributed by atoms with Crippen LogP contribution in [0.5, 0.6) is 5.75 Å². The molecule has 2 aromatic rings. The van der Waals surface area contributed by atoms with Crippen LogP contribution in [0.15, 0.2) is 22.7 Å². The summed E-state index contributed by atoms with van der Waals surface area (Å²) in [6, 6.07) is 5.33. The zero-order valence-corrected chi connectivity index (χ0v) is 12.4. The van der Waals surface area contributed by atoms with Gasteiger partial charge in [-0.2, -0.15) is 4.98 Å². The summed E-state index contributed by atoms with van der Waals surface area (Å²) in [5.74, 6) is 1.09. The van der Waals surface area contributed by atoms with E-state index in [1.54, 1.807) is 6.07 Å². The van der Waals surface area contributed by atoms with Crippen molar-refractivity contribution >= 4 is 0 Å². The second-order valence-electron chi connectivity index (χ2n) is 5.58. The average molecular weight is 288 g/mol. The summed E-state index contributed by atoms with van der Waals surface area (Å²) in [7, 11) is 0. The van der Waals surface area contributed by atoms with Crippen LogP contribution in [0.3, 0.4) is 0 Å². The Kier molecular flexibility index (Phi) is 3.68. The molecule has 21 heavy (non-hydrogen) atoms. The quantitative estimate of drug-likeness (QED) is 0.931. The summed E-state index contributed by atoms with van der Waals surface area (Å²) >= 11 is 0. The van der Waals surface area contributed by atoms with Gasteiger partial charge in [-0.3, -0.25) is 0 Å². The molecule has 1 N–H and O–H groups in total. The van der Waals surface area contributed by atoms with E-state index in [0.29, 0.717) is 23.9 Å². The first-order valence-electron chi connectivity index (χ1n) is 7.43. The molecule has 1 aliphatic rings. The van der Waals surface area contributed by atoms with Crippen LogP contribution < -0.4 is 0 Å². The third kappa shape index (κ3) is 2.53. The first kappa shape index (κ1) is 14.1. The molecule has 5 heteroatoms. The largest absolute Gasteiger partial charge is 0.507 e. The lowest BCUT2D eigenvalue weighted by Crippen LogP contribution is -2.27. The van der Waals surface area contributed by atoms with Crippen molar-refractivity contribution in [2.24, 2.45) is 0 Å². The highest BCUT2D eigenvalue weighted by Gasteiger charge is 2.41. The van der Waals surface area contributed by atoms with Gasteiger partial charge in [-0.05, 0) is 51.7 Å². The molecule has 0 radical (unpaired) electrons. The van der Waals surface area contributed by atoms with E-state index in [9.17, 15) is 5.11 Å². The van der Waals surface area contributed by atoms with Gasteiger partial charge in [0, 0.05) is 6.61 Å². The molecule has 0 bridgehead atoms. The predicted molar refractivity (Wildman–Crippen MR) is 77.9 cm³/mol. The van der Waals surface area contributed by atoms with E-state index in [1.807, 2.05) is 26.0 Å². The lowest BCUT2D eigenvalue weighted by atomic mass is 10.0. The first-order chi connectivity index (χ1) is 10.1. The third-order valence-electron chi connectivity index (χ3n) is 4.05. The summed E-state index contributed by atoms with van der Waals surface area (Å²) in [5, 5.41) is 14.1. The molecule has 1 aromatic heterocycles. The van der Waals surface area contributed by atoms with Crippen molar-refractivity contribution in [3.63, 3.8) is 0 Å². The number of aryl methyl sites for hydroxylation is 1. The number of benzene rings is 1. The summed E-state index contributed by atoms with van der Waals surface area (Å²) in [6.45, 7) is 4.56. The summed E-state index contributed by atoms with van der Waals surface area (Å²) < 4.78 is 11.3.